The summed E-state index contributed by atoms with van der Waals surface area (Å²) < 4.78 is 25.3. The Hall–Kier alpha value is -7.20. The lowest BCUT2D eigenvalue weighted by molar-refractivity contribution is -0.145. The van der Waals surface area contributed by atoms with E-state index >= 15 is 0 Å². The van der Waals surface area contributed by atoms with Gasteiger partial charge in [-0.1, -0.05) is 72.4 Å². The van der Waals surface area contributed by atoms with Crippen LogP contribution in [-0.4, -0.2) is 67.1 Å². The lowest BCUT2D eigenvalue weighted by atomic mass is 10.0. The molecule has 6 aromatic rings. The summed E-state index contributed by atoms with van der Waals surface area (Å²) in [6, 6.07) is 27.2. The van der Waals surface area contributed by atoms with Gasteiger partial charge in [0.05, 0.1) is 22.2 Å². The van der Waals surface area contributed by atoms with Crippen LogP contribution in [0, 0.1) is 17.9 Å². The van der Waals surface area contributed by atoms with E-state index in [2.05, 4.69) is 20.9 Å². The summed E-state index contributed by atoms with van der Waals surface area (Å²) in [5, 5.41) is 30.0. The third-order valence-corrected chi connectivity index (χ3v) is 13.0. The van der Waals surface area contributed by atoms with Crippen molar-refractivity contribution in [3.63, 3.8) is 0 Å². The molecule has 0 radical (unpaired) electrons. The van der Waals surface area contributed by atoms with Crippen molar-refractivity contribution in [3.8, 4) is 40.2 Å². The summed E-state index contributed by atoms with van der Waals surface area (Å²) in [6.45, 7) is 9.90. The number of aromatic nitrogens is 2. The molecule has 0 unspecified atom stereocenters. The Labute approximate surface area is 416 Å². The van der Waals surface area contributed by atoms with Crippen LogP contribution in [0.1, 0.15) is 77.5 Å². The summed E-state index contributed by atoms with van der Waals surface area (Å²) in [6.07, 6.45) is 10.8. The van der Waals surface area contributed by atoms with Crippen molar-refractivity contribution in [1.82, 2.24) is 19.8 Å². The number of pyridine rings is 2. The van der Waals surface area contributed by atoms with E-state index in [-0.39, 0.29) is 26.4 Å². The number of hydrogen-bond donors (Lipinski definition) is 2. The van der Waals surface area contributed by atoms with Crippen molar-refractivity contribution >= 4 is 40.8 Å². The minimum atomic E-state index is -0.860. The predicted molar refractivity (Wildman–Crippen MR) is 263 cm³/mol. The van der Waals surface area contributed by atoms with Crippen LogP contribution in [0.25, 0.3) is 16.0 Å². The van der Waals surface area contributed by atoms with Gasteiger partial charge in [0.15, 0.2) is 0 Å². The van der Waals surface area contributed by atoms with E-state index in [1.54, 1.807) is 48.8 Å². The summed E-state index contributed by atoms with van der Waals surface area (Å²) in [5.41, 5.74) is 7.31. The first kappa shape index (κ1) is 49.2. The topological polar surface area (TPSA) is 172 Å². The van der Waals surface area contributed by atoms with Crippen LogP contribution in [0.2, 0.25) is 10.0 Å². The molecule has 0 spiro atoms. The molecule has 0 aliphatic carbocycles. The van der Waals surface area contributed by atoms with Crippen LogP contribution in [-0.2, 0) is 49.1 Å². The highest BCUT2D eigenvalue weighted by Gasteiger charge is 2.31. The van der Waals surface area contributed by atoms with Gasteiger partial charge in [-0.3, -0.25) is 29.4 Å². The number of carbonyl (C=O) groups is 2. The second kappa shape index (κ2) is 23.4. The number of halogens is 2. The molecular formula is C54H50Cl2N6O8. The Morgan fingerprint density at radius 2 is 1.10 bits per heavy atom. The first-order chi connectivity index (χ1) is 34.0. The largest absolute Gasteiger partial charge is 0.488 e. The second-order valence-corrected chi connectivity index (χ2v) is 18.1. The number of rotatable bonds is 19. The van der Waals surface area contributed by atoms with E-state index < -0.39 is 24.0 Å². The number of hydrogen-bond acceptors (Lipinski definition) is 11. The summed E-state index contributed by atoms with van der Waals surface area (Å²) in [5.74, 6) is 0.0438. The number of benzene rings is 4. The van der Waals surface area contributed by atoms with E-state index in [9.17, 15) is 25.1 Å². The summed E-state index contributed by atoms with van der Waals surface area (Å²) >= 11 is 13.7. The van der Waals surface area contributed by atoms with Gasteiger partial charge in [-0.05, 0) is 103 Å². The Bertz CT molecular complexity index is 2740. The van der Waals surface area contributed by atoms with Gasteiger partial charge in [0.1, 0.15) is 67.6 Å². The normalized spacial score (nSPS) is 16.1. The fraction of sp³-hybridized carbons (Fsp3) is 0.296. The fourth-order valence-corrected chi connectivity index (χ4v) is 9.30. The Balaban J connectivity index is 0.970. The zero-order valence-electron chi connectivity index (χ0n) is 38.2. The van der Waals surface area contributed by atoms with Crippen molar-refractivity contribution in [2.75, 3.05) is 13.1 Å². The lowest BCUT2D eigenvalue weighted by Crippen LogP contribution is -2.44. The molecule has 2 saturated heterocycles. The molecule has 4 aromatic carbocycles. The lowest BCUT2D eigenvalue weighted by Gasteiger charge is -2.33. The number of nitrogens with zero attached hydrogens (tertiary/aromatic N) is 6. The smallest absolute Gasteiger partial charge is 0.320 e. The molecule has 358 valence electrons. The third-order valence-electron chi connectivity index (χ3n) is 12.4. The third kappa shape index (κ3) is 12.7. The highest BCUT2D eigenvalue weighted by atomic mass is 35.5. The van der Waals surface area contributed by atoms with Crippen LogP contribution >= 0.6 is 23.2 Å². The molecule has 2 aliphatic heterocycles. The minimum Gasteiger partial charge on any atom is -0.488 e. The number of carboxylic acid groups (broad SMARTS) is 2. The molecule has 0 saturated carbocycles. The molecule has 8 rings (SSSR count). The first-order valence-electron chi connectivity index (χ1n) is 23.0. The second-order valence-electron chi connectivity index (χ2n) is 17.3. The van der Waals surface area contributed by atoms with Crippen LogP contribution in [0.3, 0.4) is 0 Å². The zero-order valence-corrected chi connectivity index (χ0v) is 39.7. The van der Waals surface area contributed by atoms with Crippen LogP contribution in [0.4, 0.5) is 5.69 Å². The molecule has 2 fully saturated rings. The number of likely N-dealkylation sites (tertiary alicyclic amines) is 2. The molecular weight excluding hydrogens is 932 g/mol. The van der Waals surface area contributed by atoms with Gasteiger partial charge in [-0.2, -0.15) is 5.26 Å². The molecule has 0 bridgehead atoms. The van der Waals surface area contributed by atoms with E-state index in [4.69, 9.17) is 48.7 Å². The Morgan fingerprint density at radius 3 is 1.59 bits per heavy atom. The van der Waals surface area contributed by atoms with Gasteiger partial charge in [0, 0.05) is 66.7 Å². The van der Waals surface area contributed by atoms with E-state index in [1.807, 2.05) is 58.3 Å². The predicted octanol–water partition coefficient (Wildman–Crippen LogP) is 11.1. The Kier molecular flexibility index (Phi) is 16.5. The maximum atomic E-state index is 12.1. The number of aliphatic carboxylic acids is 2. The van der Waals surface area contributed by atoms with Gasteiger partial charge < -0.3 is 29.2 Å². The minimum absolute atomic E-state index is 0.120. The summed E-state index contributed by atoms with van der Waals surface area (Å²) in [4.78, 5) is 40.0. The van der Waals surface area contributed by atoms with Crippen molar-refractivity contribution < 1.29 is 38.7 Å². The molecule has 16 heteroatoms. The average Bonchev–Trinajstić information content (AvgIpc) is 3.38. The molecule has 2 N–H and O–H groups in total. The molecule has 70 heavy (non-hydrogen) atoms. The number of carboxylic acids is 2. The van der Waals surface area contributed by atoms with Crippen LogP contribution < -0.4 is 18.9 Å². The van der Waals surface area contributed by atoms with Gasteiger partial charge in [0.25, 0.3) is 0 Å². The van der Waals surface area contributed by atoms with Gasteiger partial charge in [0.2, 0.25) is 5.69 Å². The van der Waals surface area contributed by atoms with Gasteiger partial charge >= 0.3 is 11.9 Å². The van der Waals surface area contributed by atoms with Crippen LogP contribution in [0.5, 0.6) is 23.0 Å². The van der Waals surface area contributed by atoms with Crippen molar-refractivity contribution in [2.24, 2.45) is 0 Å². The maximum Gasteiger partial charge on any atom is 0.320 e. The number of nitriles is 1. The van der Waals surface area contributed by atoms with Crippen LogP contribution in [0.15, 0.2) is 110 Å². The van der Waals surface area contributed by atoms with Crippen molar-refractivity contribution in [1.29, 1.82) is 5.26 Å². The quantitative estimate of drug-likeness (QED) is 0.0735. The molecule has 2 aliphatic rings. The zero-order chi connectivity index (χ0) is 49.0. The highest BCUT2D eigenvalue weighted by molar-refractivity contribution is 6.32. The average molecular weight is 982 g/mol. The van der Waals surface area contributed by atoms with Gasteiger partial charge in [-0.15, -0.1) is 0 Å². The highest BCUT2D eigenvalue weighted by Crippen LogP contribution is 2.38. The van der Waals surface area contributed by atoms with E-state index in [1.165, 1.54) is 12.4 Å². The molecule has 2 aromatic heterocycles. The number of ether oxygens (including phenoxy) is 4. The molecule has 0 amide bonds. The Morgan fingerprint density at radius 1 is 0.629 bits per heavy atom. The standard InChI is InChI=1S/C54H50Cl2N6O8/c1-58-44-19-39(27-60-28-44)34-68-50-23-52(46(56)21-43(50)30-62-15-5-3-13-48(62)54(65)66)70-32-36-9-7-11-41(18-36)40-10-6-8-35(17-40)31-69-51-22-49(67-33-38-16-37(24-57)25-59-26-38)42(20-45(51)55)29-61-14-4-2-12-47(61)53(63)64/h6-11,16-23,25-28,47-48H,2-5,12-15,29-34H2,(H,63,64)(H,65,66)/t47-,48-/m0/s1. The summed E-state index contributed by atoms with van der Waals surface area (Å²) in [7, 11) is 0. The molecule has 2 atom stereocenters. The molecule has 4 heterocycles. The fourth-order valence-electron chi connectivity index (χ4n) is 8.81. The van der Waals surface area contributed by atoms with Crippen molar-refractivity contribution in [2.45, 2.75) is 90.1 Å². The maximum absolute atomic E-state index is 12.1. The van der Waals surface area contributed by atoms with Gasteiger partial charge in [-0.25, -0.2) is 4.85 Å². The van der Waals surface area contributed by atoms with E-state index in [0.717, 1.165) is 59.1 Å². The number of piperidine rings is 2. The first-order valence-corrected chi connectivity index (χ1v) is 23.7. The molecule has 14 nitrogen and oxygen atoms in total. The SMILES string of the molecule is [C-]#[N+]c1cncc(COc2cc(OCc3cccc(-c4cccc(COc5cc(OCc6cncc(C#N)c6)c(CN6CCCC[C@H]6C(=O)O)cc5Cl)c4)c3)c(Cl)cc2CN2CCCC[C@H]2C(=O)O)c1. The van der Waals surface area contributed by atoms with Crippen molar-refractivity contribution in [3.05, 3.63) is 170 Å². The monoisotopic (exact) mass is 980 g/mol. The van der Waals surface area contributed by atoms with E-state index in [0.29, 0.717) is 94.4 Å².